The fraction of sp³-hybridized carbons (Fsp3) is 0.885. The quantitative estimate of drug-likeness (QED) is 0.146. The molecule has 0 amide bonds. The summed E-state index contributed by atoms with van der Waals surface area (Å²) in [5.41, 5.74) is 0. The Morgan fingerprint density at radius 2 is 0.879 bits per heavy atom. The van der Waals surface area contributed by atoms with E-state index in [-0.39, 0.29) is 19.3 Å². The number of hydrogen-bond donors (Lipinski definition) is 2. The van der Waals surface area contributed by atoms with Crippen LogP contribution in [0.25, 0.3) is 0 Å². The van der Waals surface area contributed by atoms with Crippen LogP contribution in [0.5, 0.6) is 0 Å². The van der Waals surface area contributed by atoms with Crippen LogP contribution in [0.15, 0.2) is 0 Å². The molecule has 0 rings (SSSR count). The lowest BCUT2D eigenvalue weighted by molar-refractivity contribution is -0.929. The fourth-order valence-corrected chi connectivity index (χ4v) is 4.65. The molecule has 7 heteroatoms. The van der Waals surface area contributed by atoms with Crippen molar-refractivity contribution >= 4 is 17.9 Å². The first-order valence-electron chi connectivity index (χ1n) is 13.3. The molecular weight excluding hydrogens is 422 g/mol. The van der Waals surface area contributed by atoms with Crippen LogP contribution >= 0.6 is 0 Å². The number of nitrogens with zero attached hydrogens (tertiary/aromatic N) is 1. The van der Waals surface area contributed by atoms with Crippen molar-refractivity contribution in [2.24, 2.45) is 0 Å². The van der Waals surface area contributed by atoms with Crippen molar-refractivity contribution in [1.29, 1.82) is 0 Å². The van der Waals surface area contributed by atoms with E-state index in [4.69, 9.17) is 10.2 Å². The molecule has 0 aliphatic rings. The maximum absolute atomic E-state index is 11.0. The molecule has 194 valence electrons. The Morgan fingerprint density at radius 3 is 1.24 bits per heavy atom. The fourth-order valence-electron chi connectivity index (χ4n) is 4.65. The van der Waals surface area contributed by atoms with E-state index in [9.17, 15) is 19.5 Å². The molecule has 33 heavy (non-hydrogen) atoms. The summed E-state index contributed by atoms with van der Waals surface area (Å²) in [6.45, 7) is 5.02. The average Bonchev–Trinajstić information content (AvgIpc) is 2.73. The second-order valence-electron chi connectivity index (χ2n) is 9.60. The van der Waals surface area contributed by atoms with Gasteiger partial charge < -0.3 is 24.6 Å². The monoisotopic (exact) mass is 471 g/mol. The molecule has 2 N–H and O–H groups in total. The Labute approximate surface area is 201 Å². The lowest BCUT2D eigenvalue weighted by atomic mass is 10.0. The molecule has 0 atom stereocenters. The van der Waals surface area contributed by atoms with Crippen LogP contribution in [0.1, 0.15) is 122 Å². The van der Waals surface area contributed by atoms with E-state index in [2.05, 4.69) is 6.92 Å². The molecule has 0 bridgehead atoms. The average molecular weight is 472 g/mol. The van der Waals surface area contributed by atoms with Crippen LogP contribution in [0, 0.1) is 0 Å². The summed E-state index contributed by atoms with van der Waals surface area (Å²) >= 11 is 0. The Kier molecular flexibility index (Phi) is 19.9. The number of unbranched alkanes of at least 4 members (excludes halogenated alkanes) is 11. The highest BCUT2D eigenvalue weighted by Crippen LogP contribution is 2.18. The highest BCUT2D eigenvalue weighted by molar-refractivity contribution is 5.66. The van der Waals surface area contributed by atoms with Crippen molar-refractivity contribution in [2.75, 3.05) is 26.2 Å². The minimum Gasteiger partial charge on any atom is -0.550 e. The summed E-state index contributed by atoms with van der Waals surface area (Å²) in [5.74, 6) is -2.74. The van der Waals surface area contributed by atoms with E-state index in [0.717, 1.165) is 19.4 Å². The van der Waals surface area contributed by atoms with Gasteiger partial charge in [-0.3, -0.25) is 9.59 Å². The Balaban J connectivity index is 4.47. The van der Waals surface area contributed by atoms with Crippen molar-refractivity contribution in [2.45, 2.75) is 122 Å². The molecule has 0 aliphatic heterocycles. The Hall–Kier alpha value is -1.63. The van der Waals surface area contributed by atoms with Gasteiger partial charge in [0.2, 0.25) is 0 Å². The normalized spacial score (nSPS) is 11.5. The molecule has 0 radical (unpaired) electrons. The van der Waals surface area contributed by atoms with Gasteiger partial charge in [0.05, 0.1) is 39.0 Å². The van der Waals surface area contributed by atoms with Gasteiger partial charge in [0.25, 0.3) is 0 Å². The summed E-state index contributed by atoms with van der Waals surface area (Å²) in [6.07, 6.45) is 16.8. The third-order valence-electron chi connectivity index (χ3n) is 6.55. The molecule has 0 heterocycles. The minimum absolute atomic E-state index is 0.0176. The molecule has 0 aromatic rings. The molecule has 0 saturated heterocycles. The van der Waals surface area contributed by atoms with Gasteiger partial charge in [0, 0.05) is 25.2 Å². The standard InChI is InChI=1S/C26H49NO6/c1-2-3-4-5-6-7-8-9-10-11-12-13-20-27(21-14-17-24(28)29,22-15-18-25(30)31)23-16-19-26(32)33/h2-23H2,1H3,(H2-,28,29,30,31,32,33). The number of carbonyl (C=O) groups is 3. The molecule has 7 nitrogen and oxygen atoms in total. The van der Waals surface area contributed by atoms with E-state index < -0.39 is 17.9 Å². The first-order valence-corrected chi connectivity index (χ1v) is 13.3. The zero-order chi connectivity index (χ0) is 24.8. The van der Waals surface area contributed by atoms with Gasteiger partial charge in [0.1, 0.15) is 0 Å². The van der Waals surface area contributed by atoms with Crippen LogP contribution < -0.4 is 5.11 Å². The largest absolute Gasteiger partial charge is 0.550 e. The second kappa shape index (κ2) is 20.9. The van der Waals surface area contributed by atoms with Crippen LogP contribution in [-0.4, -0.2) is 58.8 Å². The lowest BCUT2D eigenvalue weighted by Crippen LogP contribution is -2.51. The molecule has 0 aromatic heterocycles. The van der Waals surface area contributed by atoms with Crippen LogP contribution in [-0.2, 0) is 14.4 Å². The molecule has 0 aliphatic carbocycles. The SMILES string of the molecule is CCCCCCCCCCCCCC[N+](CCCC(=O)[O-])(CCCC(=O)O)CCCC(=O)O. The van der Waals surface area contributed by atoms with E-state index in [1.807, 2.05) is 0 Å². The molecular formula is C26H49NO6. The predicted octanol–water partition coefficient (Wildman–Crippen LogP) is 4.76. The van der Waals surface area contributed by atoms with Gasteiger partial charge in [0.15, 0.2) is 0 Å². The number of carbonyl (C=O) groups excluding carboxylic acids is 1. The van der Waals surface area contributed by atoms with Gasteiger partial charge in [-0.05, 0) is 19.3 Å². The van der Waals surface area contributed by atoms with E-state index in [1.165, 1.54) is 64.2 Å². The van der Waals surface area contributed by atoms with Gasteiger partial charge in [-0.25, -0.2) is 0 Å². The third-order valence-corrected chi connectivity index (χ3v) is 6.55. The van der Waals surface area contributed by atoms with Crippen molar-refractivity contribution in [3.05, 3.63) is 0 Å². The molecule has 0 spiro atoms. The minimum atomic E-state index is -1.07. The summed E-state index contributed by atoms with van der Waals surface area (Å²) in [6, 6.07) is 0. The smallest absolute Gasteiger partial charge is 0.303 e. The number of quaternary nitrogens is 1. The lowest BCUT2D eigenvalue weighted by Gasteiger charge is -2.39. The number of aliphatic carboxylic acids is 3. The number of carboxylic acids is 3. The van der Waals surface area contributed by atoms with Gasteiger partial charge >= 0.3 is 11.9 Å². The summed E-state index contributed by atoms with van der Waals surface area (Å²) in [4.78, 5) is 32.9. The van der Waals surface area contributed by atoms with E-state index in [0.29, 0.717) is 43.4 Å². The van der Waals surface area contributed by atoms with E-state index in [1.54, 1.807) is 0 Å². The Morgan fingerprint density at radius 1 is 0.545 bits per heavy atom. The number of rotatable bonds is 25. The second-order valence-corrected chi connectivity index (χ2v) is 9.60. The molecule has 0 saturated carbocycles. The van der Waals surface area contributed by atoms with Crippen LogP contribution in [0.3, 0.4) is 0 Å². The predicted molar refractivity (Wildman–Crippen MR) is 129 cm³/mol. The topological polar surface area (TPSA) is 115 Å². The molecule has 0 unspecified atom stereocenters. The Bertz CT molecular complexity index is 473. The van der Waals surface area contributed by atoms with Crippen LogP contribution in [0.4, 0.5) is 0 Å². The van der Waals surface area contributed by atoms with E-state index >= 15 is 0 Å². The first kappa shape index (κ1) is 31.4. The number of hydrogen-bond acceptors (Lipinski definition) is 4. The van der Waals surface area contributed by atoms with Crippen molar-refractivity contribution in [3.63, 3.8) is 0 Å². The highest BCUT2D eigenvalue weighted by atomic mass is 16.4. The van der Waals surface area contributed by atoms with Crippen molar-refractivity contribution in [1.82, 2.24) is 0 Å². The maximum Gasteiger partial charge on any atom is 0.303 e. The molecule has 0 aromatic carbocycles. The zero-order valence-electron chi connectivity index (χ0n) is 21.0. The summed E-state index contributed by atoms with van der Waals surface area (Å²) in [7, 11) is 0. The first-order chi connectivity index (χ1) is 15.8. The number of carboxylic acid groups (broad SMARTS) is 3. The summed E-state index contributed by atoms with van der Waals surface area (Å²) < 4.78 is 0.617. The van der Waals surface area contributed by atoms with Gasteiger partial charge in [-0.2, -0.15) is 0 Å². The van der Waals surface area contributed by atoms with Gasteiger partial charge in [-0.1, -0.05) is 71.1 Å². The van der Waals surface area contributed by atoms with Crippen LogP contribution in [0.2, 0.25) is 0 Å². The molecule has 0 fully saturated rings. The van der Waals surface area contributed by atoms with Gasteiger partial charge in [-0.15, -0.1) is 0 Å². The third kappa shape index (κ3) is 20.7. The zero-order valence-corrected chi connectivity index (χ0v) is 21.0. The highest BCUT2D eigenvalue weighted by Gasteiger charge is 2.26. The maximum atomic E-state index is 11.0. The van der Waals surface area contributed by atoms with Crippen molar-refractivity contribution in [3.8, 4) is 0 Å². The summed E-state index contributed by atoms with van der Waals surface area (Å²) in [5, 5.41) is 28.9. The van der Waals surface area contributed by atoms with Crippen molar-refractivity contribution < 1.29 is 34.2 Å².